The van der Waals surface area contributed by atoms with Crippen LogP contribution in [-0.4, -0.2) is 33.5 Å². The molecule has 0 atom stereocenters. The predicted molar refractivity (Wildman–Crippen MR) is 37.0 cm³/mol. The van der Waals surface area contributed by atoms with E-state index in [0.717, 1.165) is 0 Å². The first-order chi connectivity index (χ1) is 4.92. The highest BCUT2D eigenvalue weighted by Gasteiger charge is 2.55. The molecule has 0 aromatic heterocycles. The topological polar surface area (TPSA) is 77.8 Å². The van der Waals surface area contributed by atoms with Crippen LogP contribution in [0.2, 0.25) is 0 Å². The highest BCUT2D eigenvalue weighted by atomic mass is 16.4. The van der Waals surface area contributed by atoms with Crippen molar-refractivity contribution in [3.05, 3.63) is 0 Å². The highest BCUT2D eigenvalue weighted by Crippen LogP contribution is 2.47. The van der Waals surface area contributed by atoms with E-state index >= 15 is 0 Å². The maximum Gasteiger partial charge on any atom is 0.309 e. The molecule has 0 aromatic rings. The van der Waals surface area contributed by atoms with E-state index in [2.05, 4.69) is 0 Å². The van der Waals surface area contributed by atoms with Gasteiger partial charge in [0, 0.05) is 0 Å². The number of hydrogen-bond donors (Lipinski definition) is 3. The van der Waals surface area contributed by atoms with Gasteiger partial charge in [-0.3, -0.25) is 4.79 Å². The summed E-state index contributed by atoms with van der Waals surface area (Å²) < 4.78 is 0. The van der Waals surface area contributed by atoms with Crippen LogP contribution in [0.15, 0.2) is 0 Å². The Hall–Kier alpha value is -0.610. The van der Waals surface area contributed by atoms with Crippen molar-refractivity contribution < 1.29 is 20.1 Å². The lowest BCUT2D eigenvalue weighted by Crippen LogP contribution is -2.56. The molecule has 1 aliphatic rings. The summed E-state index contributed by atoms with van der Waals surface area (Å²) in [4.78, 5) is 10.5. The summed E-state index contributed by atoms with van der Waals surface area (Å²) in [6.07, 6.45) is 0.289. The largest absolute Gasteiger partial charge is 0.481 e. The van der Waals surface area contributed by atoms with Gasteiger partial charge in [0.2, 0.25) is 0 Å². The number of hydrogen-bond acceptors (Lipinski definition) is 3. The Balaban J connectivity index is 2.56. The molecule has 4 heteroatoms. The molecule has 64 valence electrons. The molecule has 0 amide bonds. The van der Waals surface area contributed by atoms with E-state index in [-0.39, 0.29) is 19.4 Å². The monoisotopic (exact) mass is 160 g/mol. The van der Waals surface area contributed by atoms with Crippen LogP contribution in [0, 0.1) is 5.41 Å². The minimum atomic E-state index is -1.15. The molecule has 1 aliphatic carbocycles. The zero-order valence-electron chi connectivity index (χ0n) is 6.37. The molecule has 0 spiro atoms. The van der Waals surface area contributed by atoms with Crippen molar-refractivity contribution in [2.24, 2.45) is 5.41 Å². The molecule has 3 N–H and O–H groups in total. The fourth-order valence-corrected chi connectivity index (χ4v) is 1.66. The number of carbonyl (C=O) groups is 1. The summed E-state index contributed by atoms with van der Waals surface area (Å²) in [7, 11) is 0. The number of rotatable bonds is 2. The van der Waals surface area contributed by atoms with Crippen molar-refractivity contribution in [2.45, 2.75) is 25.4 Å². The first kappa shape index (κ1) is 8.49. The molecule has 0 aromatic carbocycles. The minimum absolute atomic E-state index is 0.145. The second kappa shape index (κ2) is 2.19. The predicted octanol–water partition coefficient (Wildman–Crippen LogP) is -0.406. The van der Waals surface area contributed by atoms with Crippen molar-refractivity contribution in [1.82, 2.24) is 0 Å². The summed E-state index contributed by atoms with van der Waals surface area (Å²) in [5.41, 5.74) is -1.98. The number of aliphatic hydroxyl groups excluding tert-OH is 1. The van der Waals surface area contributed by atoms with E-state index in [1.807, 2.05) is 0 Å². The van der Waals surface area contributed by atoms with E-state index in [4.69, 9.17) is 10.2 Å². The lowest BCUT2D eigenvalue weighted by atomic mass is 9.60. The first-order valence-electron chi connectivity index (χ1n) is 3.49. The Morgan fingerprint density at radius 1 is 1.55 bits per heavy atom. The molecule has 1 rings (SSSR count). The van der Waals surface area contributed by atoms with Gasteiger partial charge in [-0.25, -0.2) is 0 Å². The molecular weight excluding hydrogens is 148 g/mol. The van der Waals surface area contributed by atoms with Crippen molar-refractivity contribution in [3.8, 4) is 0 Å². The van der Waals surface area contributed by atoms with Crippen LogP contribution in [0.1, 0.15) is 19.8 Å². The number of aliphatic carboxylic acids is 1. The molecule has 0 heterocycles. The lowest BCUT2D eigenvalue weighted by molar-refractivity contribution is -0.184. The van der Waals surface area contributed by atoms with Gasteiger partial charge in [-0.1, -0.05) is 0 Å². The molecule has 1 fully saturated rings. The Kier molecular flexibility index (Phi) is 1.69. The standard InChI is InChI=1S/C7H12O4/c1-6(5(9)10)2-7(11,3-6)4-8/h8,11H,2-4H2,1H3,(H,9,10). The fraction of sp³-hybridized carbons (Fsp3) is 0.857. The highest BCUT2D eigenvalue weighted by molar-refractivity contribution is 5.76. The zero-order chi connectivity index (χ0) is 8.70. The Morgan fingerprint density at radius 3 is 2.27 bits per heavy atom. The Labute approximate surface area is 64.5 Å². The summed E-state index contributed by atoms with van der Waals surface area (Å²) in [5, 5.41) is 26.5. The Bertz CT molecular complexity index is 181. The molecule has 0 unspecified atom stereocenters. The van der Waals surface area contributed by atoms with Crippen molar-refractivity contribution in [3.63, 3.8) is 0 Å². The fourth-order valence-electron chi connectivity index (χ4n) is 1.66. The van der Waals surface area contributed by atoms with Crippen LogP contribution >= 0.6 is 0 Å². The van der Waals surface area contributed by atoms with Crippen LogP contribution in [-0.2, 0) is 4.79 Å². The van der Waals surface area contributed by atoms with Crippen LogP contribution in [0.25, 0.3) is 0 Å². The summed E-state index contributed by atoms with van der Waals surface area (Å²) >= 11 is 0. The number of aliphatic hydroxyl groups is 2. The zero-order valence-corrected chi connectivity index (χ0v) is 6.37. The van der Waals surface area contributed by atoms with E-state index in [1.54, 1.807) is 6.92 Å². The average Bonchev–Trinajstić information content (AvgIpc) is 1.84. The van der Waals surface area contributed by atoms with E-state index in [9.17, 15) is 9.90 Å². The number of carboxylic acid groups (broad SMARTS) is 1. The van der Waals surface area contributed by atoms with Gasteiger partial charge in [-0.2, -0.15) is 0 Å². The van der Waals surface area contributed by atoms with Crippen LogP contribution in [0.4, 0.5) is 0 Å². The van der Waals surface area contributed by atoms with Crippen molar-refractivity contribution in [1.29, 1.82) is 0 Å². The summed E-state index contributed by atoms with van der Waals surface area (Å²) in [5.74, 6) is -0.907. The normalized spacial score (nSPS) is 43.2. The SMILES string of the molecule is CC1(C(=O)O)CC(O)(CO)C1. The molecular formula is C7H12O4. The molecule has 0 aliphatic heterocycles. The molecule has 4 nitrogen and oxygen atoms in total. The smallest absolute Gasteiger partial charge is 0.309 e. The maximum atomic E-state index is 10.5. The van der Waals surface area contributed by atoms with Crippen LogP contribution < -0.4 is 0 Å². The van der Waals surface area contributed by atoms with Crippen molar-refractivity contribution in [2.75, 3.05) is 6.61 Å². The first-order valence-corrected chi connectivity index (χ1v) is 3.49. The van der Waals surface area contributed by atoms with Gasteiger partial charge in [0.1, 0.15) is 0 Å². The van der Waals surface area contributed by atoms with Crippen LogP contribution in [0.5, 0.6) is 0 Å². The van der Waals surface area contributed by atoms with Gasteiger partial charge in [0.25, 0.3) is 0 Å². The second-order valence-corrected chi connectivity index (χ2v) is 3.60. The van der Waals surface area contributed by atoms with E-state index in [0.29, 0.717) is 0 Å². The number of carboxylic acids is 1. The molecule has 1 saturated carbocycles. The average molecular weight is 160 g/mol. The third kappa shape index (κ3) is 1.23. The van der Waals surface area contributed by atoms with E-state index in [1.165, 1.54) is 0 Å². The van der Waals surface area contributed by atoms with Crippen LogP contribution in [0.3, 0.4) is 0 Å². The van der Waals surface area contributed by atoms with Gasteiger partial charge in [-0.05, 0) is 19.8 Å². The summed E-state index contributed by atoms with van der Waals surface area (Å²) in [6, 6.07) is 0. The van der Waals surface area contributed by atoms with Crippen molar-refractivity contribution >= 4 is 5.97 Å². The summed E-state index contributed by atoms with van der Waals surface area (Å²) in [6.45, 7) is 1.22. The third-order valence-corrected chi connectivity index (χ3v) is 2.25. The molecule has 11 heavy (non-hydrogen) atoms. The third-order valence-electron chi connectivity index (χ3n) is 2.25. The maximum absolute atomic E-state index is 10.5. The second-order valence-electron chi connectivity index (χ2n) is 3.60. The Morgan fingerprint density at radius 2 is 2.00 bits per heavy atom. The van der Waals surface area contributed by atoms with Gasteiger partial charge >= 0.3 is 5.97 Å². The minimum Gasteiger partial charge on any atom is -0.481 e. The lowest BCUT2D eigenvalue weighted by Gasteiger charge is -2.47. The molecule has 0 bridgehead atoms. The van der Waals surface area contributed by atoms with Gasteiger partial charge in [0.05, 0.1) is 17.6 Å². The van der Waals surface area contributed by atoms with Gasteiger partial charge in [-0.15, -0.1) is 0 Å². The van der Waals surface area contributed by atoms with Gasteiger partial charge in [0.15, 0.2) is 0 Å². The van der Waals surface area contributed by atoms with Gasteiger partial charge < -0.3 is 15.3 Å². The molecule has 0 saturated heterocycles. The molecule has 0 radical (unpaired) electrons. The van der Waals surface area contributed by atoms with E-state index < -0.39 is 17.0 Å². The quantitative estimate of drug-likeness (QED) is 0.513.